The lowest BCUT2D eigenvalue weighted by Gasteiger charge is -2.04. The van der Waals surface area contributed by atoms with Gasteiger partial charge in [-0.3, -0.25) is 0 Å². The zero-order valence-corrected chi connectivity index (χ0v) is 8.40. The number of benzene rings is 1. The number of oxime groups is 1. The highest BCUT2D eigenvalue weighted by atomic mass is 35.5. The number of aromatic hydroxyl groups is 1. The molecule has 0 fully saturated rings. The van der Waals surface area contributed by atoms with E-state index in [1.165, 1.54) is 6.07 Å². The molecule has 1 rings (SSSR count). The third-order valence-electron chi connectivity index (χ3n) is 1.37. The van der Waals surface area contributed by atoms with Crippen LogP contribution in [0.2, 0.25) is 15.1 Å². The van der Waals surface area contributed by atoms with Crippen molar-refractivity contribution in [1.29, 1.82) is 0 Å². The van der Waals surface area contributed by atoms with Gasteiger partial charge in [0.05, 0.1) is 21.3 Å². The summed E-state index contributed by atoms with van der Waals surface area (Å²) in [7, 11) is 0. The molecule has 70 valence electrons. The molecule has 6 heteroatoms. The van der Waals surface area contributed by atoms with Crippen LogP contribution in [0.1, 0.15) is 5.56 Å². The summed E-state index contributed by atoms with van der Waals surface area (Å²) in [6.45, 7) is 0. The van der Waals surface area contributed by atoms with Crippen LogP contribution in [0.15, 0.2) is 11.2 Å². The first-order valence-electron chi connectivity index (χ1n) is 3.11. The van der Waals surface area contributed by atoms with Crippen molar-refractivity contribution >= 4 is 41.0 Å². The van der Waals surface area contributed by atoms with Crippen molar-refractivity contribution in [2.24, 2.45) is 5.16 Å². The summed E-state index contributed by atoms with van der Waals surface area (Å²) in [6, 6.07) is 1.31. The minimum absolute atomic E-state index is 0.0460. The third kappa shape index (κ3) is 1.99. The zero-order chi connectivity index (χ0) is 10.0. The lowest BCUT2D eigenvalue weighted by molar-refractivity contribution is 0.322. The molecule has 13 heavy (non-hydrogen) atoms. The van der Waals surface area contributed by atoms with E-state index in [4.69, 9.17) is 40.0 Å². The second kappa shape index (κ2) is 4.05. The zero-order valence-electron chi connectivity index (χ0n) is 6.13. The van der Waals surface area contributed by atoms with Gasteiger partial charge in [-0.1, -0.05) is 40.0 Å². The van der Waals surface area contributed by atoms with E-state index in [1.807, 2.05) is 0 Å². The van der Waals surface area contributed by atoms with Crippen LogP contribution in [0, 0.1) is 0 Å². The van der Waals surface area contributed by atoms with Crippen molar-refractivity contribution in [3.8, 4) is 5.75 Å². The molecule has 0 amide bonds. The number of phenols is 1. The molecule has 0 saturated carbocycles. The van der Waals surface area contributed by atoms with Gasteiger partial charge in [-0.25, -0.2) is 0 Å². The number of nitrogens with zero attached hydrogens (tertiary/aromatic N) is 1. The second-order valence-electron chi connectivity index (χ2n) is 2.16. The van der Waals surface area contributed by atoms with Crippen molar-refractivity contribution in [3.63, 3.8) is 0 Å². The molecule has 0 aliphatic carbocycles. The Balaban J connectivity index is 3.43. The molecule has 2 N–H and O–H groups in total. The summed E-state index contributed by atoms with van der Waals surface area (Å²) in [5, 5.41) is 20.5. The van der Waals surface area contributed by atoms with Crippen LogP contribution in [0.3, 0.4) is 0 Å². The summed E-state index contributed by atoms with van der Waals surface area (Å²) in [5.74, 6) is -0.289. The maximum Gasteiger partial charge on any atom is 0.153 e. The topological polar surface area (TPSA) is 52.8 Å². The lowest BCUT2D eigenvalue weighted by Crippen LogP contribution is -1.86. The van der Waals surface area contributed by atoms with Gasteiger partial charge in [0, 0.05) is 5.56 Å². The van der Waals surface area contributed by atoms with Crippen molar-refractivity contribution in [2.75, 3.05) is 0 Å². The molecule has 0 atom stereocenters. The molecule has 0 radical (unpaired) electrons. The molecular weight excluding hydrogens is 236 g/mol. The summed E-state index contributed by atoms with van der Waals surface area (Å²) < 4.78 is 0. The molecule has 0 unspecified atom stereocenters. The van der Waals surface area contributed by atoms with Crippen LogP contribution in [0.4, 0.5) is 0 Å². The van der Waals surface area contributed by atoms with Gasteiger partial charge in [-0.2, -0.15) is 0 Å². The quantitative estimate of drug-likeness (QED) is 0.450. The first-order valence-corrected chi connectivity index (χ1v) is 4.25. The van der Waals surface area contributed by atoms with E-state index in [1.54, 1.807) is 0 Å². The van der Waals surface area contributed by atoms with Crippen molar-refractivity contribution < 1.29 is 10.3 Å². The Morgan fingerprint density at radius 3 is 2.38 bits per heavy atom. The molecule has 3 nitrogen and oxygen atoms in total. The first-order chi connectivity index (χ1) is 6.07. The molecule has 0 aliphatic heterocycles. The number of hydrogen-bond donors (Lipinski definition) is 2. The van der Waals surface area contributed by atoms with Crippen LogP contribution in [0.25, 0.3) is 0 Å². The van der Waals surface area contributed by atoms with Crippen LogP contribution in [0.5, 0.6) is 5.75 Å². The highest BCUT2D eigenvalue weighted by Crippen LogP contribution is 2.37. The fourth-order valence-electron chi connectivity index (χ4n) is 0.771. The average Bonchev–Trinajstić information content (AvgIpc) is 2.09. The minimum atomic E-state index is -0.289. The van der Waals surface area contributed by atoms with Gasteiger partial charge in [0.25, 0.3) is 0 Å². The Bertz CT molecular complexity index is 365. The van der Waals surface area contributed by atoms with Gasteiger partial charge in [0.2, 0.25) is 0 Å². The van der Waals surface area contributed by atoms with E-state index < -0.39 is 0 Å². The van der Waals surface area contributed by atoms with Gasteiger partial charge < -0.3 is 10.3 Å². The van der Waals surface area contributed by atoms with Crippen LogP contribution >= 0.6 is 34.8 Å². The van der Waals surface area contributed by atoms with Gasteiger partial charge in [-0.05, 0) is 6.07 Å². The van der Waals surface area contributed by atoms with E-state index in [9.17, 15) is 5.11 Å². The highest BCUT2D eigenvalue weighted by Gasteiger charge is 2.12. The maximum atomic E-state index is 9.27. The Labute approximate surface area is 89.1 Å². The fourth-order valence-corrected chi connectivity index (χ4v) is 1.63. The average molecular weight is 240 g/mol. The van der Waals surface area contributed by atoms with Gasteiger partial charge >= 0.3 is 0 Å². The molecular formula is C7H4Cl3NO2. The van der Waals surface area contributed by atoms with Gasteiger partial charge in [0.1, 0.15) is 0 Å². The van der Waals surface area contributed by atoms with Gasteiger partial charge in [0.15, 0.2) is 5.75 Å². The molecule has 0 saturated heterocycles. The SMILES string of the molecule is O/N=C\c1c(Cl)cc(Cl)c(O)c1Cl. The molecule has 1 aromatic rings. The smallest absolute Gasteiger partial charge is 0.153 e. The minimum Gasteiger partial charge on any atom is -0.505 e. The molecule has 0 bridgehead atoms. The predicted molar refractivity (Wildman–Crippen MR) is 52.5 cm³/mol. The standard InChI is InChI=1S/C7H4Cl3NO2/c8-4-1-5(9)7(12)6(10)3(4)2-11-13/h1-2,12-13H/b11-2-. The number of halogens is 3. The van der Waals surface area contributed by atoms with Crippen LogP contribution in [-0.4, -0.2) is 16.5 Å². The Kier molecular flexibility index (Phi) is 3.25. The molecule has 0 heterocycles. The first kappa shape index (κ1) is 10.4. The Hall–Kier alpha value is -0.640. The lowest BCUT2D eigenvalue weighted by atomic mass is 10.2. The van der Waals surface area contributed by atoms with E-state index >= 15 is 0 Å². The highest BCUT2D eigenvalue weighted by molar-refractivity contribution is 6.43. The van der Waals surface area contributed by atoms with Crippen LogP contribution in [-0.2, 0) is 0 Å². The van der Waals surface area contributed by atoms with Crippen molar-refractivity contribution in [2.45, 2.75) is 0 Å². The third-order valence-corrected chi connectivity index (χ3v) is 2.35. The van der Waals surface area contributed by atoms with Crippen LogP contribution < -0.4 is 0 Å². The second-order valence-corrected chi connectivity index (χ2v) is 3.35. The maximum absolute atomic E-state index is 9.27. The van der Waals surface area contributed by atoms with E-state index in [-0.39, 0.29) is 26.4 Å². The molecule has 0 aliphatic rings. The number of hydrogen-bond acceptors (Lipinski definition) is 3. The summed E-state index contributed by atoms with van der Waals surface area (Å²) >= 11 is 16.9. The largest absolute Gasteiger partial charge is 0.505 e. The van der Waals surface area contributed by atoms with Crippen molar-refractivity contribution in [1.82, 2.24) is 0 Å². The number of phenolic OH excluding ortho intramolecular Hbond substituents is 1. The summed E-state index contributed by atoms with van der Waals surface area (Å²) in [5.41, 5.74) is 0.215. The number of rotatable bonds is 1. The summed E-state index contributed by atoms with van der Waals surface area (Å²) in [6.07, 6.45) is 1.01. The van der Waals surface area contributed by atoms with E-state index in [0.29, 0.717) is 0 Å². The molecule has 0 spiro atoms. The van der Waals surface area contributed by atoms with Gasteiger partial charge in [-0.15, -0.1) is 0 Å². The van der Waals surface area contributed by atoms with E-state index in [2.05, 4.69) is 5.16 Å². The van der Waals surface area contributed by atoms with E-state index in [0.717, 1.165) is 6.21 Å². The fraction of sp³-hybridized carbons (Fsp3) is 0. The Morgan fingerprint density at radius 2 is 1.85 bits per heavy atom. The van der Waals surface area contributed by atoms with Crippen molar-refractivity contribution in [3.05, 3.63) is 26.7 Å². The summed E-state index contributed by atoms with van der Waals surface area (Å²) in [4.78, 5) is 0. The predicted octanol–water partition coefficient (Wildman–Crippen LogP) is 3.16. The Morgan fingerprint density at radius 1 is 1.23 bits per heavy atom. The molecule has 1 aromatic carbocycles. The normalized spacial score (nSPS) is 11.0. The monoisotopic (exact) mass is 239 g/mol. The molecule has 0 aromatic heterocycles.